The average Bonchev–Trinajstić information content (AvgIpc) is 3.13. The Labute approximate surface area is 170 Å². The minimum absolute atomic E-state index is 0.0918. The lowest BCUT2D eigenvalue weighted by Gasteiger charge is -2.36. The maximum absolute atomic E-state index is 12.9. The highest BCUT2D eigenvalue weighted by Gasteiger charge is 2.36. The zero-order valence-corrected chi connectivity index (χ0v) is 16.3. The number of aromatic nitrogens is 2. The van der Waals surface area contributed by atoms with E-state index in [1.54, 1.807) is 4.90 Å². The summed E-state index contributed by atoms with van der Waals surface area (Å²) in [5.74, 6) is 0.245. The van der Waals surface area contributed by atoms with Gasteiger partial charge in [0.05, 0.1) is 11.5 Å². The van der Waals surface area contributed by atoms with Crippen LogP contribution in [0.25, 0.3) is 11.4 Å². The fraction of sp³-hybridized carbons (Fsp3) is 0.286. The number of aryl methyl sites for hydroxylation is 2. The summed E-state index contributed by atoms with van der Waals surface area (Å²) < 4.78 is 43.9. The van der Waals surface area contributed by atoms with Crippen molar-refractivity contribution in [1.29, 1.82) is 0 Å². The van der Waals surface area contributed by atoms with Gasteiger partial charge in [-0.2, -0.15) is 18.2 Å². The van der Waals surface area contributed by atoms with E-state index in [0.29, 0.717) is 19.0 Å². The highest BCUT2D eigenvalue weighted by atomic mass is 19.4. The largest absolute Gasteiger partial charge is 0.416 e. The molecule has 4 rings (SSSR count). The first kappa shape index (κ1) is 19.9. The van der Waals surface area contributed by atoms with Crippen molar-refractivity contribution in [1.82, 2.24) is 15.0 Å². The monoisotopic (exact) mass is 416 g/mol. The molecule has 1 N–H and O–H groups in total. The smallest absolute Gasteiger partial charge is 0.339 e. The maximum Gasteiger partial charge on any atom is 0.416 e. The molecule has 0 spiro atoms. The van der Waals surface area contributed by atoms with E-state index in [2.05, 4.69) is 15.5 Å². The Kier molecular flexibility index (Phi) is 4.97. The van der Waals surface area contributed by atoms with Crippen LogP contribution in [0.2, 0.25) is 0 Å². The fourth-order valence-electron chi connectivity index (χ4n) is 3.18. The van der Waals surface area contributed by atoms with Crippen LogP contribution in [0, 0.1) is 13.8 Å². The molecule has 0 unspecified atom stereocenters. The molecule has 3 aromatic rings. The van der Waals surface area contributed by atoms with Gasteiger partial charge in [0, 0.05) is 24.3 Å². The van der Waals surface area contributed by atoms with Crippen LogP contribution >= 0.6 is 0 Å². The number of hydrogen-bond acceptors (Lipinski definition) is 4. The van der Waals surface area contributed by atoms with Crippen LogP contribution in [0.1, 0.15) is 28.5 Å². The van der Waals surface area contributed by atoms with E-state index < -0.39 is 11.7 Å². The summed E-state index contributed by atoms with van der Waals surface area (Å²) >= 11 is 0. The van der Waals surface area contributed by atoms with Gasteiger partial charge in [-0.25, -0.2) is 4.79 Å². The summed E-state index contributed by atoms with van der Waals surface area (Å²) in [6.07, 6.45) is -4.44. The van der Waals surface area contributed by atoms with Gasteiger partial charge in [-0.05, 0) is 49.2 Å². The second-order valence-electron chi connectivity index (χ2n) is 7.37. The summed E-state index contributed by atoms with van der Waals surface area (Å²) in [4.78, 5) is 18.2. The van der Waals surface area contributed by atoms with Gasteiger partial charge in [-0.15, -0.1) is 0 Å². The van der Waals surface area contributed by atoms with E-state index in [0.717, 1.165) is 28.9 Å². The molecule has 0 radical (unpaired) electrons. The highest BCUT2D eigenvalue weighted by Crippen LogP contribution is 2.32. The molecular formula is C21H19F3N4O2. The van der Waals surface area contributed by atoms with Crippen LogP contribution in [-0.4, -0.2) is 34.2 Å². The number of anilines is 1. The number of likely N-dealkylation sites (tertiary alicyclic amines) is 1. The molecule has 30 heavy (non-hydrogen) atoms. The third kappa shape index (κ3) is 4.00. The maximum atomic E-state index is 12.9. The molecule has 1 saturated heterocycles. The van der Waals surface area contributed by atoms with Crippen molar-refractivity contribution in [2.45, 2.75) is 25.9 Å². The van der Waals surface area contributed by atoms with Gasteiger partial charge >= 0.3 is 12.2 Å². The SMILES string of the molecule is Cc1ccc(NC(=O)N2CC(c3nc(-c4cccc(C(F)(F)F)c4)no3)C2)cc1C. The van der Waals surface area contributed by atoms with E-state index in [4.69, 9.17) is 4.52 Å². The minimum Gasteiger partial charge on any atom is -0.339 e. The molecule has 1 aliphatic heterocycles. The third-order valence-electron chi connectivity index (χ3n) is 5.17. The van der Waals surface area contributed by atoms with Gasteiger partial charge in [-0.1, -0.05) is 23.4 Å². The van der Waals surface area contributed by atoms with Crippen LogP contribution in [0.5, 0.6) is 0 Å². The van der Waals surface area contributed by atoms with Crippen molar-refractivity contribution in [2.75, 3.05) is 18.4 Å². The molecule has 9 heteroatoms. The predicted octanol–water partition coefficient (Wildman–Crippen LogP) is 5.00. The molecule has 0 bridgehead atoms. The number of amides is 2. The topological polar surface area (TPSA) is 71.3 Å². The second kappa shape index (κ2) is 7.47. The molecule has 1 aliphatic rings. The van der Waals surface area contributed by atoms with Crippen LogP contribution in [-0.2, 0) is 6.18 Å². The normalized spacial score (nSPS) is 14.5. The zero-order chi connectivity index (χ0) is 21.5. The van der Waals surface area contributed by atoms with Crippen LogP contribution < -0.4 is 5.32 Å². The number of hydrogen-bond donors (Lipinski definition) is 1. The summed E-state index contributed by atoms with van der Waals surface area (Å²) in [6.45, 7) is 4.75. The molecule has 6 nitrogen and oxygen atoms in total. The van der Waals surface area contributed by atoms with Crippen molar-refractivity contribution < 1.29 is 22.5 Å². The van der Waals surface area contributed by atoms with Gasteiger partial charge in [-0.3, -0.25) is 0 Å². The average molecular weight is 416 g/mol. The van der Waals surface area contributed by atoms with Gasteiger partial charge in [0.25, 0.3) is 0 Å². The number of carbonyl (C=O) groups is 1. The van der Waals surface area contributed by atoms with Gasteiger partial charge in [0.2, 0.25) is 11.7 Å². The lowest BCUT2D eigenvalue weighted by molar-refractivity contribution is -0.137. The fourth-order valence-corrected chi connectivity index (χ4v) is 3.18. The Morgan fingerprint density at radius 1 is 1.13 bits per heavy atom. The molecule has 2 aromatic carbocycles. The quantitative estimate of drug-likeness (QED) is 0.652. The number of rotatable bonds is 3. The predicted molar refractivity (Wildman–Crippen MR) is 104 cm³/mol. The number of halogens is 3. The minimum atomic E-state index is -4.44. The summed E-state index contributed by atoms with van der Waals surface area (Å²) in [7, 11) is 0. The van der Waals surface area contributed by atoms with Crippen LogP contribution in [0.3, 0.4) is 0 Å². The van der Waals surface area contributed by atoms with E-state index in [1.165, 1.54) is 12.1 Å². The van der Waals surface area contributed by atoms with E-state index in [1.807, 2.05) is 32.0 Å². The lowest BCUT2D eigenvalue weighted by atomic mass is 10.0. The molecule has 1 fully saturated rings. The lowest BCUT2D eigenvalue weighted by Crippen LogP contribution is -2.50. The van der Waals surface area contributed by atoms with Crippen molar-refractivity contribution in [2.24, 2.45) is 0 Å². The van der Waals surface area contributed by atoms with Crippen molar-refractivity contribution in [3.8, 4) is 11.4 Å². The van der Waals surface area contributed by atoms with Crippen LogP contribution in [0.4, 0.5) is 23.7 Å². The molecule has 0 saturated carbocycles. The van der Waals surface area contributed by atoms with E-state index in [-0.39, 0.29) is 23.3 Å². The van der Waals surface area contributed by atoms with Crippen molar-refractivity contribution in [3.63, 3.8) is 0 Å². The summed E-state index contributed by atoms with van der Waals surface area (Å²) in [6, 6.07) is 10.2. The number of nitrogens with zero attached hydrogens (tertiary/aromatic N) is 3. The number of alkyl halides is 3. The highest BCUT2D eigenvalue weighted by molar-refractivity contribution is 5.90. The standard InChI is InChI=1S/C21H19F3N4O2/c1-12-6-7-17(8-13(12)2)25-20(29)28-10-15(11-28)19-26-18(27-30-19)14-4-3-5-16(9-14)21(22,23)24/h3-9,15H,10-11H2,1-2H3,(H,25,29). The molecular weight excluding hydrogens is 397 g/mol. The summed E-state index contributed by atoms with van der Waals surface area (Å²) in [5, 5.41) is 6.64. The first-order chi connectivity index (χ1) is 14.2. The van der Waals surface area contributed by atoms with Crippen molar-refractivity contribution in [3.05, 3.63) is 65.0 Å². The first-order valence-electron chi connectivity index (χ1n) is 9.35. The Bertz CT molecular complexity index is 1090. The molecule has 0 aliphatic carbocycles. The number of benzene rings is 2. The Balaban J connectivity index is 1.38. The van der Waals surface area contributed by atoms with Gasteiger partial charge < -0.3 is 14.7 Å². The molecule has 2 amide bonds. The number of urea groups is 1. The molecule has 2 heterocycles. The number of carbonyl (C=O) groups excluding carboxylic acids is 1. The van der Waals surface area contributed by atoms with Crippen LogP contribution in [0.15, 0.2) is 47.0 Å². The van der Waals surface area contributed by atoms with Crippen molar-refractivity contribution >= 4 is 11.7 Å². The Morgan fingerprint density at radius 3 is 2.60 bits per heavy atom. The molecule has 156 valence electrons. The van der Waals surface area contributed by atoms with E-state index in [9.17, 15) is 18.0 Å². The van der Waals surface area contributed by atoms with Gasteiger partial charge in [0.15, 0.2) is 0 Å². The second-order valence-corrected chi connectivity index (χ2v) is 7.37. The third-order valence-corrected chi connectivity index (χ3v) is 5.17. The summed E-state index contributed by atoms with van der Waals surface area (Å²) in [5.41, 5.74) is 2.40. The molecule has 0 atom stereocenters. The van der Waals surface area contributed by atoms with E-state index >= 15 is 0 Å². The molecule has 1 aromatic heterocycles. The Morgan fingerprint density at radius 2 is 1.90 bits per heavy atom. The zero-order valence-electron chi connectivity index (χ0n) is 16.3. The first-order valence-corrected chi connectivity index (χ1v) is 9.35. The van der Waals surface area contributed by atoms with Gasteiger partial charge in [0.1, 0.15) is 0 Å². The Hall–Kier alpha value is -3.36. The number of nitrogens with one attached hydrogen (secondary N) is 1.